The molecule has 0 saturated carbocycles. The molecule has 0 aliphatic rings. The SMILES string of the molecule is CC[B]c1cc(C)nc(C)c1. The van der Waals surface area contributed by atoms with Crippen molar-refractivity contribution < 1.29 is 0 Å². The molecule has 1 rings (SSSR count). The van der Waals surface area contributed by atoms with Gasteiger partial charge in [0.05, 0.1) is 0 Å². The molecule has 0 unspecified atom stereocenters. The van der Waals surface area contributed by atoms with Gasteiger partial charge in [0.2, 0.25) is 0 Å². The fourth-order valence-corrected chi connectivity index (χ4v) is 1.22. The minimum absolute atomic E-state index is 1.09. The van der Waals surface area contributed by atoms with Crippen molar-refractivity contribution in [3.63, 3.8) is 0 Å². The van der Waals surface area contributed by atoms with E-state index in [-0.39, 0.29) is 0 Å². The van der Waals surface area contributed by atoms with Gasteiger partial charge in [-0.15, -0.1) is 0 Å². The zero-order chi connectivity index (χ0) is 8.27. The van der Waals surface area contributed by atoms with E-state index >= 15 is 0 Å². The van der Waals surface area contributed by atoms with Crippen molar-refractivity contribution in [2.75, 3.05) is 0 Å². The Labute approximate surface area is 69.1 Å². The molecule has 1 nitrogen and oxygen atoms in total. The van der Waals surface area contributed by atoms with Gasteiger partial charge in [-0.05, 0) is 26.0 Å². The summed E-state index contributed by atoms with van der Waals surface area (Å²) in [4.78, 5) is 4.30. The summed E-state index contributed by atoms with van der Waals surface area (Å²) in [7, 11) is 2.21. The topological polar surface area (TPSA) is 12.9 Å². The maximum Gasteiger partial charge on any atom is 0.151 e. The first-order chi connectivity index (χ1) is 5.22. The molecule has 0 atom stereocenters. The lowest BCUT2D eigenvalue weighted by Gasteiger charge is -2.00. The Kier molecular flexibility index (Phi) is 2.69. The number of rotatable bonds is 2. The van der Waals surface area contributed by atoms with Gasteiger partial charge in [0.25, 0.3) is 0 Å². The Hall–Kier alpha value is -0.785. The monoisotopic (exact) mass is 146 g/mol. The largest absolute Gasteiger partial charge is 0.259 e. The highest BCUT2D eigenvalue weighted by atomic mass is 14.7. The molecule has 0 aromatic carbocycles. The molecule has 1 heterocycles. The van der Waals surface area contributed by atoms with Crippen LogP contribution in [-0.4, -0.2) is 12.3 Å². The molecule has 0 N–H and O–H groups in total. The van der Waals surface area contributed by atoms with Crippen molar-refractivity contribution in [1.82, 2.24) is 4.98 Å². The van der Waals surface area contributed by atoms with Gasteiger partial charge in [-0.3, -0.25) is 4.98 Å². The highest BCUT2D eigenvalue weighted by Crippen LogP contribution is 1.93. The molecule has 0 aliphatic carbocycles. The van der Waals surface area contributed by atoms with Gasteiger partial charge in [0.15, 0.2) is 7.28 Å². The van der Waals surface area contributed by atoms with Gasteiger partial charge in [0.1, 0.15) is 0 Å². The Balaban J connectivity index is 2.89. The second kappa shape index (κ2) is 3.56. The lowest BCUT2D eigenvalue weighted by Crippen LogP contribution is -2.14. The first-order valence-corrected chi connectivity index (χ1v) is 4.01. The lowest BCUT2D eigenvalue weighted by atomic mass is 9.68. The van der Waals surface area contributed by atoms with Crippen LogP contribution >= 0.6 is 0 Å². The van der Waals surface area contributed by atoms with Gasteiger partial charge in [-0.1, -0.05) is 18.7 Å². The summed E-state index contributed by atoms with van der Waals surface area (Å²) in [6.07, 6.45) is 1.09. The molecule has 1 radical (unpaired) electrons. The number of hydrogen-bond donors (Lipinski definition) is 0. The second-order valence-corrected chi connectivity index (χ2v) is 2.80. The highest BCUT2D eigenvalue weighted by Gasteiger charge is 1.95. The van der Waals surface area contributed by atoms with E-state index in [1.165, 1.54) is 5.46 Å². The van der Waals surface area contributed by atoms with E-state index in [1.54, 1.807) is 0 Å². The summed E-state index contributed by atoms with van der Waals surface area (Å²) in [5.41, 5.74) is 3.49. The molecule has 0 saturated heterocycles. The first-order valence-electron chi connectivity index (χ1n) is 4.01. The summed E-state index contributed by atoms with van der Waals surface area (Å²) in [5, 5.41) is 0. The lowest BCUT2D eigenvalue weighted by molar-refractivity contribution is 1.13. The summed E-state index contributed by atoms with van der Waals surface area (Å²) < 4.78 is 0. The molecular formula is C9H13BN. The summed E-state index contributed by atoms with van der Waals surface area (Å²) in [6.45, 7) is 6.20. The Bertz CT molecular complexity index is 225. The zero-order valence-electron chi connectivity index (χ0n) is 7.39. The third-order valence-electron chi connectivity index (χ3n) is 1.54. The molecule has 0 bridgehead atoms. The van der Waals surface area contributed by atoms with Crippen molar-refractivity contribution in [1.29, 1.82) is 0 Å². The van der Waals surface area contributed by atoms with Crippen LogP contribution in [-0.2, 0) is 0 Å². The van der Waals surface area contributed by atoms with E-state index in [0.717, 1.165) is 17.7 Å². The Morgan fingerprint density at radius 3 is 2.27 bits per heavy atom. The maximum atomic E-state index is 4.30. The quantitative estimate of drug-likeness (QED) is 0.575. The molecule has 11 heavy (non-hydrogen) atoms. The molecular weight excluding hydrogens is 133 g/mol. The van der Waals surface area contributed by atoms with Gasteiger partial charge in [0, 0.05) is 11.4 Å². The van der Waals surface area contributed by atoms with E-state index in [9.17, 15) is 0 Å². The van der Waals surface area contributed by atoms with E-state index in [1.807, 2.05) is 13.8 Å². The molecule has 0 amide bonds. The maximum absolute atomic E-state index is 4.30. The fraction of sp³-hybridized carbons (Fsp3) is 0.444. The van der Waals surface area contributed by atoms with Crippen LogP contribution < -0.4 is 5.46 Å². The van der Waals surface area contributed by atoms with Crippen LogP contribution in [0.1, 0.15) is 18.3 Å². The molecule has 0 fully saturated rings. The average Bonchev–Trinajstić information content (AvgIpc) is 1.85. The van der Waals surface area contributed by atoms with Gasteiger partial charge < -0.3 is 0 Å². The number of aryl methyl sites for hydroxylation is 2. The van der Waals surface area contributed by atoms with Crippen molar-refractivity contribution >= 4 is 12.7 Å². The standard InChI is InChI=1S/C9H13BN/c1-4-10-9-5-7(2)11-8(3)6-9/h5-6H,4H2,1-3H3. The third-order valence-corrected chi connectivity index (χ3v) is 1.54. The van der Waals surface area contributed by atoms with E-state index < -0.39 is 0 Å². The summed E-state index contributed by atoms with van der Waals surface area (Å²) in [6, 6.07) is 4.22. The minimum Gasteiger partial charge on any atom is -0.259 e. The predicted octanol–water partition coefficient (Wildman–Crippen LogP) is 1.47. The van der Waals surface area contributed by atoms with Crippen LogP contribution in [0.4, 0.5) is 0 Å². The number of pyridine rings is 1. The van der Waals surface area contributed by atoms with Crippen LogP contribution in [0, 0.1) is 13.8 Å². The van der Waals surface area contributed by atoms with Crippen molar-refractivity contribution in [3.8, 4) is 0 Å². The predicted molar refractivity (Wildman–Crippen MR) is 49.6 cm³/mol. The number of nitrogens with zero attached hydrogens (tertiary/aromatic N) is 1. The minimum atomic E-state index is 1.09. The highest BCUT2D eigenvalue weighted by molar-refractivity contribution is 6.53. The van der Waals surface area contributed by atoms with Gasteiger partial charge >= 0.3 is 0 Å². The van der Waals surface area contributed by atoms with Crippen molar-refractivity contribution in [2.24, 2.45) is 0 Å². The molecule has 57 valence electrons. The Morgan fingerprint density at radius 2 is 1.82 bits per heavy atom. The zero-order valence-corrected chi connectivity index (χ0v) is 7.39. The van der Waals surface area contributed by atoms with Crippen molar-refractivity contribution in [2.45, 2.75) is 27.1 Å². The van der Waals surface area contributed by atoms with Crippen molar-refractivity contribution in [3.05, 3.63) is 23.5 Å². The third kappa shape index (κ3) is 2.37. The number of aromatic nitrogens is 1. The normalized spacial score (nSPS) is 9.73. The first kappa shape index (κ1) is 8.31. The summed E-state index contributed by atoms with van der Waals surface area (Å²) >= 11 is 0. The molecule has 1 aromatic rings. The van der Waals surface area contributed by atoms with Crippen LogP contribution in [0.15, 0.2) is 12.1 Å². The van der Waals surface area contributed by atoms with Gasteiger partial charge in [-0.2, -0.15) is 0 Å². The molecule has 1 aromatic heterocycles. The van der Waals surface area contributed by atoms with E-state index in [2.05, 4.69) is 31.3 Å². The fourth-order valence-electron chi connectivity index (χ4n) is 1.22. The van der Waals surface area contributed by atoms with E-state index in [4.69, 9.17) is 0 Å². The van der Waals surface area contributed by atoms with Crippen LogP contribution in [0.2, 0.25) is 6.32 Å². The average molecular weight is 146 g/mol. The molecule has 0 spiro atoms. The molecule has 2 heteroatoms. The second-order valence-electron chi connectivity index (χ2n) is 2.80. The summed E-state index contributed by atoms with van der Waals surface area (Å²) in [5.74, 6) is 0. The van der Waals surface area contributed by atoms with Gasteiger partial charge in [-0.25, -0.2) is 0 Å². The smallest absolute Gasteiger partial charge is 0.151 e. The molecule has 0 aliphatic heterocycles. The van der Waals surface area contributed by atoms with Crippen LogP contribution in [0.25, 0.3) is 0 Å². The Morgan fingerprint density at radius 1 is 1.27 bits per heavy atom. The van der Waals surface area contributed by atoms with Crippen LogP contribution in [0.3, 0.4) is 0 Å². The van der Waals surface area contributed by atoms with Crippen LogP contribution in [0.5, 0.6) is 0 Å². The van der Waals surface area contributed by atoms with E-state index in [0.29, 0.717) is 0 Å². The number of hydrogen-bond acceptors (Lipinski definition) is 1.